The van der Waals surface area contributed by atoms with Crippen LogP contribution in [0.5, 0.6) is 0 Å². The molecule has 0 unspecified atom stereocenters. The molecule has 1 aliphatic heterocycles. The lowest BCUT2D eigenvalue weighted by Crippen LogP contribution is -2.27. The highest BCUT2D eigenvalue weighted by Crippen LogP contribution is 2.07. The van der Waals surface area contributed by atoms with Crippen molar-refractivity contribution in [2.45, 2.75) is 12.5 Å². The minimum absolute atomic E-state index is 0.683. The maximum Gasteiger partial charge on any atom is 0.0326 e. The van der Waals surface area contributed by atoms with E-state index in [2.05, 4.69) is 16.8 Å². The number of hydrogen-bond donors (Lipinski definition) is 1. The van der Waals surface area contributed by atoms with Crippen LogP contribution >= 0.6 is 0 Å². The first-order valence-electron chi connectivity index (χ1n) is 3.40. The molecule has 0 aromatic rings. The largest absolute Gasteiger partial charge is 0.376 e. The van der Waals surface area contributed by atoms with Gasteiger partial charge in [0.1, 0.15) is 0 Å². The van der Waals surface area contributed by atoms with Gasteiger partial charge in [0, 0.05) is 19.1 Å². The topological polar surface area (TPSA) is 15.3 Å². The Morgan fingerprint density at radius 2 is 2.56 bits per heavy atom. The zero-order valence-corrected chi connectivity index (χ0v) is 5.93. The Labute approximate surface area is 56.5 Å². The van der Waals surface area contributed by atoms with Gasteiger partial charge in [-0.15, -0.1) is 0 Å². The van der Waals surface area contributed by atoms with E-state index in [9.17, 15) is 0 Å². The minimum atomic E-state index is 0.683. The van der Waals surface area contributed by atoms with E-state index >= 15 is 0 Å². The summed E-state index contributed by atoms with van der Waals surface area (Å²) in [6.45, 7) is 6.00. The third-order valence-corrected chi connectivity index (χ3v) is 1.89. The zero-order chi connectivity index (χ0) is 6.69. The van der Waals surface area contributed by atoms with Crippen LogP contribution in [0.15, 0.2) is 12.8 Å². The predicted molar refractivity (Wildman–Crippen MR) is 39.2 cm³/mol. The lowest BCUT2D eigenvalue weighted by atomic mass is 10.3. The molecule has 0 aromatic heterocycles. The third-order valence-electron chi connectivity index (χ3n) is 1.89. The fourth-order valence-electron chi connectivity index (χ4n) is 1.19. The van der Waals surface area contributed by atoms with Crippen LogP contribution < -0.4 is 5.32 Å². The monoisotopic (exact) mass is 126 g/mol. The SMILES string of the molecule is C=CN1CC[C@@H](NC)C1. The van der Waals surface area contributed by atoms with Gasteiger partial charge in [-0.2, -0.15) is 0 Å². The van der Waals surface area contributed by atoms with Gasteiger partial charge in [-0.05, 0) is 19.7 Å². The molecule has 0 spiro atoms. The molecule has 9 heavy (non-hydrogen) atoms. The summed E-state index contributed by atoms with van der Waals surface area (Å²) in [7, 11) is 2.01. The standard InChI is InChI=1S/C7H14N2/c1-3-9-5-4-7(6-9)8-2/h3,7-8H,1,4-6H2,2H3/t7-/m1/s1. The quantitative estimate of drug-likeness (QED) is 0.577. The van der Waals surface area contributed by atoms with Crippen LogP contribution in [0.25, 0.3) is 0 Å². The summed E-state index contributed by atoms with van der Waals surface area (Å²) in [5.41, 5.74) is 0. The molecule has 52 valence electrons. The molecule has 1 aliphatic rings. The Hall–Kier alpha value is -0.500. The van der Waals surface area contributed by atoms with Crippen molar-refractivity contribution in [3.63, 3.8) is 0 Å². The average Bonchev–Trinajstić information content (AvgIpc) is 2.34. The molecule has 0 saturated carbocycles. The highest BCUT2D eigenvalue weighted by molar-refractivity contribution is 4.84. The van der Waals surface area contributed by atoms with E-state index in [1.54, 1.807) is 0 Å². The van der Waals surface area contributed by atoms with Crippen LogP contribution in [0.1, 0.15) is 6.42 Å². The first-order chi connectivity index (χ1) is 4.36. The lowest BCUT2D eigenvalue weighted by molar-refractivity contribution is 0.450. The van der Waals surface area contributed by atoms with Gasteiger partial charge in [-0.25, -0.2) is 0 Å². The highest BCUT2D eigenvalue weighted by Gasteiger charge is 2.16. The second-order valence-electron chi connectivity index (χ2n) is 2.45. The molecule has 0 aliphatic carbocycles. The third kappa shape index (κ3) is 1.45. The molecule has 1 N–H and O–H groups in total. The number of nitrogens with zero attached hydrogens (tertiary/aromatic N) is 1. The van der Waals surface area contributed by atoms with Crippen molar-refractivity contribution < 1.29 is 0 Å². The van der Waals surface area contributed by atoms with E-state index in [0.717, 1.165) is 13.1 Å². The van der Waals surface area contributed by atoms with E-state index in [0.29, 0.717) is 6.04 Å². The van der Waals surface area contributed by atoms with Crippen LogP contribution in [-0.4, -0.2) is 31.1 Å². The molecule has 1 saturated heterocycles. The Morgan fingerprint density at radius 3 is 2.89 bits per heavy atom. The summed E-state index contributed by atoms with van der Waals surface area (Å²) in [6.07, 6.45) is 3.17. The maximum absolute atomic E-state index is 3.71. The van der Waals surface area contributed by atoms with E-state index in [-0.39, 0.29) is 0 Å². The number of likely N-dealkylation sites (tertiary alicyclic amines) is 1. The smallest absolute Gasteiger partial charge is 0.0326 e. The van der Waals surface area contributed by atoms with Gasteiger partial charge in [0.15, 0.2) is 0 Å². The van der Waals surface area contributed by atoms with Crippen LogP contribution in [0.3, 0.4) is 0 Å². The van der Waals surface area contributed by atoms with E-state index in [4.69, 9.17) is 0 Å². The maximum atomic E-state index is 3.71. The van der Waals surface area contributed by atoms with Crippen molar-refractivity contribution in [2.75, 3.05) is 20.1 Å². The number of likely N-dealkylation sites (N-methyl/N-ethyl adjacent to an activating group) is 1. The van der Waals surface area contributed by atoms with Crippen LogP contribution in [-0.2, 0) is 0 Å². The Bertz CT molecular complexity index is 101. The Morgan fingerprint density at radius 1 is 1.78 bits per heavy atom. The van der Waals surface area contributed by atoms with Gasteiger partial charge in [0.2, 0.25) is 0 Å². The summed E-state index contributed by atoms with van der Waals surface area (Å²) >= 11 is 0. The van der Waals surface area contributed by atoms with Gasteiger partial charge < -0.3 is 10.2 Å². The zero-order valence-electron chi connectivity index (χ0n) is 5.93. The summed E-state index contributed by atoms with van der Waals surface area (Å²) in [4.78, 5) is 2.24. The number of nitrogens with one attached hydrogen (secondary N) is 1. The molecule has 1 heterocycles. The number of rotatable bonds is 2. The molecule has 0 bridgehead atoms. The van der Waals surface area contributed by atoms with E-state index in [1.165, 1.54) is 6.42 Å². The average molecular weight is 126 g/mol. The fraction of sp³-hybridized carbons (Fsp3) is 0.714. The van der Waals surface area contributed by atoms with Crippen molar-refractivity contribution in [1.29, 1.82) is 0 Å². The summed E-state index contributed by atoms with van der Waals surface area (Å²) in [5.74, 6) is 0. The number of hydrogen-bond acceptors (Lipinski definition) is 2. The molecular formula is C7H14N2. The van der Waals surface area contributed by atoms with Crippen molar-refractivity contribution in [3.8, 4) is 0 Å². The van der Waals surface area contributed by atoms with Gasteiger partial charge in [0.05, 0.1) is 0 Å². The van der Waals surface area contributed by atoms with E-state index < -0.39 is 0 Å². The molecule has 1 rings (SSSR count). The second-order valence-corrected chi connectivity index (χ2v) is 2.45. The van der Waals surface area contributed by atoms with Gasteiger partial charge in [0.25, 0.3) is 0 Å². The first kappa shape index (κ1) is 6.62. The Balaban J connectivity index is 2.28. The predicted octanol–water partition coefficient (Wildman–Crippen LogP) is 0.424. The van der Waals surface area contributed by atoms with Crippen LogP contribution in [0.4, 0.5) is 0 Å². The highest BCUT2D eigenvalue weighted by atomic mass is 15.2. The van der Waals surface area contributed by atoms with Crippen LogP contribution in [0, 0.1) is 0 Å². The molecule has 2 heteroatoms. The lowest BCUT2D eigenvalue weighted by Gasteiger charge is -2.10. The van der Waals surface area contributed by atoms with E-state index in [1.807, 2.05) is 13.2 Å². The molecule has 2 nitrogen and oxygen atoms in total. The molecular weight excluding hydrogens is 112 g/mol. The van der Waals surface area contributed by atoms with Gasteiger partial charge in [-0.1, -0.05) is 6.58 Å². The first-order valence-corrected chi connectivity index (χ1v) is 3.40. The summed E-state index contributed by atoms with van der Waals surface area (Å²) < 4.78 is 0. The van der Waals surface area contributed by atoms with Gasteiger partial charge in [-0.3, -0.25) is 0 Å². The normalized spacial score (nSPS) is 26.8. The van der Waals surface area contributed by atoms with Crippen LogP contribution in [0.2, 0.25) is 0 Å². The fourth-order valence-corrected chi connectivity index (χ4v) is 1.19. The molecule has 0 radical (unpaired) electrons. The summed E-state index contributed by atoms with van der Waals surface area (Å²) in [6, 6.07) is 0.683. The second kappa shape index (κ2) is 2.87. The van der Waals surface area contributed by atoms with Crippen molar-refractivity contribution in [1.82, 2.24) is 10.2 Å². The molecule has 0 aromatic carbocycles. The molecule has 1 atom stereocenters. The van der Waals surface area contributed by atoms with Crippen molar-refractivity contribution >= 4 is 0 Å². The van der Waals surface area contributed by atoms with Crippen molar-refractivity contribution in [3.05, 3.63) is 12.8 Å². The van der Waals surface area contributed by atoms with Gasteiger partial charge >= 0.3 is 0 Å². The summed E-state index contributed by atoms with van der Waals surface area (Å²) in [5, 5.41) is 3.24. The van der Waals surface area contributed by atoms with Crippen molar-refractivity contribution in [2.24, 2.45) is 0 Å². The Kier molecular flexibility index (Phi) is 2.11. The molecule has 0 amide bonds. The molecule has 1 fully saturated rings. The minimum Gasteiger partial charge on any atom is -0.376 e.